The summed E-state index contributed by atoms with van der Waals surface area (Å²) in [6.07, 6.45) is 0. The molecule has 5 heteroatoms. The lowest BCUT2D eigenvalue weighted by Gasteiger charge is -2.03. The molecule has 0 aliphatic carbocycles. The Bertz CT molecular complexity index is 291. The summed E-state index contributed by atoms with van der Waals surface area (Å²) in [4.78, 5) is 0. The topological polar surface area (TPSA) is 52.5 Å². The molecule has 0 saturated heterocycles. The van der Waals surface area contributed by atoms with Gasteiger partial charge in [0.05, 0.1) is 6.54 Å². The summed E-state index contributed by atoms with van der Waals surface area (Å²) < 4.78 is 25.5. The third kappa shape index (κ3) is 1.51. The number of aromatic hydroxyl groups is 1. The summed E-state index contributed by atoms with van der Waals surface area (Å²) >= 11 is 0. The van der Waals surface area contributed by atoms with E-state index in [-0.39, 0.29) is 6.54 Å². The zero-order valence-corrected chi connectivity index (χ0v) is 6.01. The van der Waals surface area contributed by atoms with Crippen LogP contribution >= 0.6 is 0 Å². The molecule has 1 aromatic carbocycles. The van der Waals surface area contributed by atoms with Crippen molar-refractivity contribution < 1.29 is 19.1 Å². The fourth-order valence-corrected chi connectivity index (χ4v) is 0.826. The number of rotatable bonds is 2. The first-order valence-corrected chi connectivity index (χ1v) is 3.19. The minimum atomic E-state index is -1.06. The van der Waals surface area contributed by atoms with Crippen LogP contribution in [0.5, 0.6) is 5.75 Å². The van der Waals surface area contributed by atoms with Crippen LogP contribution in [0.15, 0.2) is 12.1 Å². The molecule has 0 saturated carbocycles. The zero-order chi connectivity index (χ0) is 9.14. The van der Waals surface area contributed by atoms with E-state index in [2.05, 4.69) is 0 Å². The van der Waals surface area contributed by atoms with Crippen molar-refractivity contribution in [3.05, 3.63) is 29.3 Å². The van der Waals surface area contributed by atoms with Crippen LogP contribution in [0.2, 0.25) is 0 Å². The fourth-order valence-electron chi connectivity index (χ4n) is 0.826. The maximum atomic E-state index is 12.8. The Labute approximate surface area is 67.2 Å². The van der Waals surface area contributed by atoms with E-state index >= 15 is 0 Å². The Kier molecular flexibility index (Phi) is 2.57. The molecule has 0 amide bonds. The van der Waals surface area contributed by atoms with Crippen molar-refractivity contribution in [3.63, 3.8) is 0 Å². The number of phenolic OH excluding ortho intramolecular Hbond substituents is 1. The summed E-state index contributed by atoms with van der Waals surface area (Å²) in [5.74, 6) is -2.51. The molecule has 1 aromatic rings. The molecule has 0 aliphatic heterocycles. The summed E-state index contributed by atoms with van der Waals surface area (Å²) in [7, 11) is 0. The molecule has 3 nitrogen and oxygen atoms in total. The Morgan fingerprint density at radius 2 is 2.00 bits per heavy atom. The molecule has 0 unspecified atom stereocenters. The molecule has 0 bridgehead atoms. The van der Waals surface area contributed by atoms with Crippen LogP contribution in [0.3, 0.4) is 0 Å². The monoisotopic (exact) mass is 175 g/mol. The predicted octanol–water partition coefficient (Wildman–Crippen LogP) is 1.15. The van der Waals surface area contributed by atoms with Gasteiger partial charge in [0, 0.05) is 5.56 Å². The summed E-state index contributed by atoms with van der Waals surface area (Å²) in [5, 5.41) is 17.0. The molecule has 0 heterocycles. The summed E-state index contributed by atoms with van der Waals surface area (Å²) in [6, 6.07) is 1.83. The Morgan fingerprint density at radius 3 is 2.58 bits per heavy atom. The molecule has 0 fully saturated rings. The standard InChI is InChI=1S/C7H7F2NO2/c8-5-1-2-6(11)7(9)4(5)3-10-12/h1-2,10-12H,3H2. The molecule has 66 valence electrons. The van der Waals surface area contributed by atoms with Crippen LogP contribution in [0, 0.1) is 11.6 Å². The van der Waals surface area contributed by atoms with Gasteiger partial charge in [0.25, 0.3) is 0 Å². The second-order valence-corrected chi connectivity index (χ2v) is 2.19. The lowest BCUT2D eigenvalue weighted by atomic mass is 10.2. The van der Waals surface area contributed by atoms with Crippen LogP contribution in [0.4, 0.5) is 8.78 Å². The number of benzene rings is 1. The Morgan fingerprint density at radius 1 is 1.33 bits per heavy atom. The lowest BCUT2D eigenvalue weighted by Crippen LogP contribution is -2.09. The van der Waals surface area contributed by atoms with Gasteiger partial charge in [-0.15, -0.1) is 0 Å². The van der Waals surface area contributed by atoms with E-state index < -0.39 is 22.9 Å². The van der Waals surface area contributed by atoms with Crippen molar-refractivity contribution in [2.75, 3.05) is 0 Å². The van der Waals surface area contributed by atoms with Crippen molar-refractivity contribution in [1.29, 1.82) is 0 Å². The van der Waals surface area contributed by atoms with Gasteiger partial charge in [0.15, 0.2) is 11.6 Å². The Balaban J connectivity index is 3.14. The molecule has 12 heavy (non-hydrogen) atoms. The van der Waals surface area contributed by atoms with Crippen molar-refractivity contribution in [3.8, 4) is 5.75 Å². The van der Waals surface area contributed by atoms with Crippen molar-refractivity contribution in [2.45, 2.75) is 6.54 Å². The first-order valence-electron chi connectivity index (χ1n) is 3.19. The fraction of sp³-hybridized carbons (Fsp3) is 0.143. The normalized spacial score (nSPS) is 10.2. The summed E-state index contributed by atoms with van der Waals surface area (Å²) in [6.45, 7) is -0.383. The maximum absolute atomic E-state index is 12.8. The second kappa shape index (κ2) is 3.46. The number of hydroxylamine groups is 1. The van der Waals surface area contributed by atoms with Crippen molar-refractivity contribution in [2.24, 2.45) is 0 Å². The molecule has 0 aromatic heterocycles. The number of hydrogen-bond acceptors (Lipinski definition) is 3. The van der Waals surface area contributed by atoms with Crippen LogP contribution in [0.1, 0.15) is 5.56 Å². The highest BCUT2D eigenvalue weighted by molar-refractivity contribution is 5.30. The van der Waals surface area contributed by atoms with Gasteiger partial charge in [-0.2, -0.15) is 0 Å². The van der Waals surface area contributed by atoms with E-state index in [4.69, 9.17) is 10.3 Å². The van der Waals surface area contributed by atoms with Crippen LogP contribution < -0.4 is 5.48 Å². The number of nitrogens with one attached hydrogen (secondary N) is 1. The van der Waals surface area contributed by atoms with Crippen LogP contribution in [-0.4, -0.2) is 10.3 Å². The molecule has 0 atom stereocenters. The highest BCUT2D eigenvalue weighted by Gasteiger charge is 2.11. The first-order chi connectivity index (χ1) is 5.66. The Hall–Kier alpha value is -1.20. The van der Waals surface area contributed by atoms with Crippen LogP contribution in [0.25, 0.3) is 0 Å². The maximum Gasteiger partial charge on any atom is 0.172 e. The minimum absolute atomic E-state index is 0.383. The average Bonchev–Trinajstić information content (AvgIpc) is 2.06. The van der Waals surface area contributed by atoms with Gasteiger partial charge in [-0.25, -0.2) is 14.3 Å². The lowest BCUT2D eigenvalue weighted by molar-refractivity contribution is 0.158. The quantitative estimate of drug-likeness (QED) is 0.591. The van der Waals surface area contributed by atoms with Crippen LogP contribution in [-0.2, 0) is 6.54 Å². The zero-order valence-electron chi connectivity index (χ0n) is 6.01. The molecule has 3 N–H and O–H groups in total. The number of phenols is 1. The average molecular weight is 175 g/mol. The molecule has 1 rings (SSSR count). The molecular weight excluding hydrogens is 168 g/mol. The van der Waals surface area contributed by atoms with Gasteiger partial charge in [-0.1, -0.05) is 0 Å². The van der Waals surface area contributed by atoms with Crippen molar-refractivity contribution in [1.82, 2.24) is 5.48 Å². The summed E-state index contributed by atoms with van der Waals surface area (Å²) in [5.41, 5.74) is 1.21. The first kappa shape index (κ1) is 8.89. The van der Waals surface area contributed by atoms with E-state index in [1.165, 1.54) is 0 Å². The van der Waals surface area contributed by atoms with E-state index in [9.17, 15) is 8.78 Å². The minimum Gasteiger partial charge on any atom is -0.505 e. The van der Waals surface area contributed by atoms with Gasteiger partial charge < -0.3 is 10.3 Å². The second-order valence-electron chi connectivity index (χ2n) is 2.19. The molecular formula is C7H7F2NO2. The SMILES string of the molecule is ONCc1c(F)ccc(O)c1F. The van der Waals surface area contributed by atoms with Gasteiger partial charge in [0.1, 0.15) is 5.82 Å². The predicted molar refractivity (Wildman–Crippen MR) is 36.6 cm³/mol. The number of hydrogen-bond donors (Lipinski definition) is 3. The van der Waals surface area contributed by atoms with E-state index in [1.807, 2.05) is 0 Å². The van der Waals surface area contributed by atoms with E-state index in [0.29, 0.717) is 0 Å². The largest absolute Gasteiger partial charge is 0.505 e. The van der Waals surface area contributed by atoms with Gasteiger partial charge in [-0.05, 0) is 12.1 Å². The number of halogens is 2. The highest BCUT2D eigenvalue weighted by Crippen LogP contribution is 2.21. The van der Waals surface area contributed by atoms with Gasteiger partial charge in [0.2, 0.25) is 0 Å². The molecule has 0 spiro atoms. The third-order valence-electron chi connectivity index (χ3n) is 1.42. The van der Waals surface area contributed by atoms with Gasteiger partial charge >= 0.3 is 0 Å². The van der Waals surface area contributed by atoms with Crippen molar-refractivity contribution >= 4 is 0 Å². The third-order valence-corrected chi connectivity index (χ3v) is 1.42. The molecule has 0 aliphatic rings. The molecule has 0 radical (unpaired) electrons. The smallest absolute Gasteiger partial charge is 0.172 e. The van der Waals surface area contributed by atoms with E-state index in [1.54, 1.807) is 5.48 Å². The van der Waals surface area contributed by atoms with Gasteiger partial charge in [-0.3, -0.25) is 0 Å². The van der Waals surface area contributed by atoms with E-state index in [0.717, 1.165) is 12.1 Å². The highest BCUT2D eigenvalue weighted by atomic mass is 19.1.